The van der Waals surface area contributed by atoms with Gasteiger partial charge in [0.25, 0.3) is 0 Å². The zero-order valence-corrected chi connectivity index (χ0v) is 22.9. The predicted molar refractivity (Wildman–Crippen MR) is 164 cm³/mol. The summed E-state index contributed by atoms with van der Waals surface area (Å²) in [5.74, 6) is 1.96. The lowest BCUT2D eigenvalue weighted by molar-refractivity contribution is 0.103. The third kappa shape index (κ3) is 4.34. The molecule has 0 atom stereocenters. The molecule has 0 bridgehead atoms. The maximum atomic E-state index is 13.4. The highest BCUT2D eigenvalue weighted by molar-refractivity contribution is 6.13. The van der Waals surface area contributed by atoms with E-state index in [-0.39, 0.29) is 11.2 Å². The van der Waals surface area contributed by atoms with Gasteiger partial charge in [0.15, 0.2) is 23.3 Å². The number of carbonyl (C=O) groups is 1. The molecule has 4 heteroatoms. The molecule has 1 aliphatic rings. The van der Waals surface area contributed by atoms with Crippen LogP contribution in [-0.2, 0) is 5.41 Å². The van der Waals surface area contributed by atoms with Crippen molar-refractivity contribution in [1.29, 1.82) is 0 Å². The highest BCUT2D eigenvalue weighted by Gasteiger charge is 2.36. The van der Waals surface area contributed by atoms with E-state index in [4.69, 9.17) is 15.0 Å². The molecule has 1 heterocycles. The third-order valence-electron chi connectivity index (χ3n) is 7.94. The van der Waals surface area contributed by atoms with Gasteiger partial charge < -0.3 is 0 Å². The molecule has 1 aliphatic carbocycles. The lowest BCUT2D eigenvalue weighted by atomic mass is 9.68. The Morgan fingerprint density at radius 3 is 1.59 bits per heavy atom. The Morgan fingerprint density at radius 2 is 0.927 bits per heavy atom. The van der Waals surface area contributed by atoms with E-state index >= 15 is 0 Å². The monoisotopic (exact) mass is 529 g/mol. The molecule has 41 heavy (non-hydrogen) atoms. The van der Waals surface area contributed by atoms with Crippen LogP contribution in [0.15, 0.2) is 127 Å². The van der Waals surface area contributed by atoms with Crippen LogP contribution < -0.4 is 0 Å². The summed E-state index contributed by atoms with van der Waals surface area (Å²) in [4.78, 5) is 28.0. The third-order valence-corrected chi connectivity index (χ3v) is 7.94. The van der Waals surface area contributed by atoms with Crippen LogP contribution in [0.2, 0.25) is 0 Å². The van der Waals surface area contributed by atoms with Gasteiger partial charge in [-0.1, -0.05) is 129 Å². The average Bonchev–Trinajstić information content (AvgIpc) is 3.04. The van der Waals surface area contributed by atoms with Crippen molar-refractivity contribution in [2.75, 3.05) is 0 Å². The zero-order chi connectivity index (χ0) is 28.0. The first-order valence-corrected chi connectivity index (χ1v) is 13.8. The van der Waals surface area contributed by atoms with E-state index < -0.39 is 0 Å². The van der Waals surface area contributed by atoms with Gasteiger partial charge in [-0.3, -0.25) is 4.79 Å². The Bertz CT molecular complexity index is 1870. The fourth-order valence-corrected chi connectivity index (χ4v) is 5.73. The highest BCUT2D eigenvalue weighted by Crippen LogP contribution is 2.42. The molecule has 0 radical (unpaired) electrons. The van der Waals surface area contributed by atoms with Gasteiger partial charge in [-0.15, -0.1) is 0 Å². The molecule has 0 aliphatic heterocycles. The Kier molecular flexibility index (Phi) is 5.90. The fraction of sp³-hybridized carbons (Fsp3) is 0.0811. The Hall–Kier alpha value is -5.22. The molecule has 4 nitrogen and oxygen atoms in total. The van der Waals surface area contributed by atoms with Crippen LogP contribution in [0.3, 0.4) is 0 Å². The van der Waals surface area contributed by atoms with Crippen LogP contribution in [-0.4, -0.2) is 20.7 Å². The first-order chi connectivity index (χ1) is 20.0. The van der Waals surface area contributed by atoms with Crippen molar-refractivity contribution in [2.45, 2.75) is 19.3 Å². The Labute approximate surface area is 239 Å². The van der Waals surface area contributed by atoms with Gasteiger partial charge in [0, 0.05) is 33.2 Å². The molecular weight excluding hydrogens is 502 g/mol. The second-order valence-electron chi connectivity index (χ2n) is 10.9. The average molecular weight is 530 g/mol. The van der Waals surface area contributed by atoms with Crippen LogP contribution >= 0.6 is 0 Å². The molecule has 0 saturated carbocycles. The standard InChI is InChI=1S/C37H27N3O/c1-37(2)31-19-10-9-18-29(31)33(41)30-21-20-27(23-32(30)37)26-16-11-17-28(22-26)36-39-34(24-12-5-3-6-13-24)38-35(40-36)25-14-7-4-8-15-25/h3-23H,1-2H3. The second-order valence-corrected chi connectivity index (χ2v) is 10.9. The number of rotatable bonds is 4. The van der Waals surface area contributed by atoms with Crippen molar-refractivity contribution in [2.24, 2.45) is 0 Å². The van der Waals surface area contributed by atoms with Crippen molar-refractivity contribution in [3.05, 3.63) is 150 Å². The van der Waals surface area contributed by atoms with Crippen LogP contribution in [0, 0.1) is 0 Å². The van der Waals surface area contributed by atoms with Gasteiger partial charge >= 0.3 is 0 Å². The summed E-state index contributed by atoms with van der Waals surface area (Å²) >= 11 is 0. The number of hydrogen-bond acceptors (Lipinski definition) is 4. The number of aromatic nitrogens is 3. The minimum atomic E-state index is -0.295. The summed E-state index contributed by atoms with van der Waals surface area (Å²) in [5, 5.41) is 0. The predicted octanol–water partition coefficient (Wildman–Crippen LogP) is 8.41. The Morgan fingerprint density at radius 1 is 0.439 bits per heavy atom. The number of benzene rings is 5. The van der Waals surface area contributed by atoms with Crippen molar-refractivity contribution < 1.29 is 4.79 Å². The van der Waals surface area contributed by atoms with Crippen LogP contribution in [0.5, 0.6) is 0 Å². The number of nitrogens with zero attached hydrogens (tertiary/aromatic N) is 3. The van der Waals surface area contributed by atoms with Crippen LogP contribution in [0.1, 0.15) is 40.9 Å². The maximum absolute atomic E-state index is 13.4. The molecule has 0 amide bonds. The molecule has 0 fully saturated rings. The molecule has 0 N–H and O–H groups in total. The quantitative estimate of drug-likeness (QED) is 0.230. The molecule has 1 aromatic heterocycles. The van der Waals surface area contributed by atoms with E-state index in [1.807, 2.05) is 103 Å². The van der Waals surface area contributed by atoms with Crippen LogP contribution in [0.25, 0.3) is 45.3 Å². The molecule has 196 valence electrons. The van der Waals surface area contributed by atoms with E-state index in [2.05, 4.69) is 38.1 Å². The summed E-state index contributed by atoms with van der Waals surface area (Å²) in [6.45, 7) is 4.39. The molecule has 0 spiro atoms. The van der Waals surface area contributed by atoms with Crippen molar-refractivity contribution in [1.82, 2.24) is 15.0 Å². The van der Waals surface area contributed by atoms with Crippen molar-refractivity contribution in [3.8, 4) is 45.3 Å². The van der Waals surface area contributed by atoms with Gasteiger partial charge in [0.2, 0.25) is 0 Å². The molecule has 0 saturated heterocycles. The number of hydrogen-bond donors (Lipinski definition) is 0. The molecule has 5 aromatic carbocycles. The van der Waals surface area contributed by atoms with Gasteiger partial charge in [-0.25, -0.2) is 15.0 Å². The zero-order valence-electron chi connectivity index (χ0n) is 22.9. The molecule has 6 aromatic rings. The van der Waals surface area contributed by atoms with Crippen molar-refractivity contribution in [3.63, 3.8) is 0 Å². The minimum Gasteiger partial charge on any atom is -0.289 e. The molecular formula is C37H27N3O. The summed E-state index contributed by atoms with van der Waals surface area (Å²) in [6, 6.07) is 42.4. The van der Waals surface area contributed by atoms with Gasteiger partial charge in [0.1, 0.15) is 0 Å². The number of fused-ring (bicyclic) bond motifs is 2. The largest absolute Gasteiger partial charge is 0.289 e. The Balaban J connectivity index is 1.34. The maximum Gasteiger partial charge on any atom is 0.193 e. The first kappa shape index (κ1) is 24.8. The minimum absolute atomic E-state index is 0.0855. The molecule has 7 rings (SSSR count). The van der Waals surface area contributed by atoms with E-state index in [1.54, 1.807) is 0 Å². The highest BCUT2D eigenvalue weighted by atomic mass is 16.1. The lowest BCUT2D eigenvalue weighted by Crippen LogP contribution is -2.30. The van der Waals surface area contributed by atoms with Crippen LogP contribution in [0.4, 0.5) is 0 Å². The summed E-state index contributed by atoms with van der Waals surface area (Å²) in [5.41, 5.74) is 8.23. The van der Waals surface area contributed by atoms with Gasteiger partial charge in [-0.05, 0) is 34.4 Å². The topological polar surface area (TPSA) is 55.7 Å². The van der Waals surface area contributed by atoms with Crippen molar-refractivity contribution >= 4 is 5.78 Å². The second kappa shape index (κ2) is 9.76. The van der Waals surface area contributed by atoms with Gasteiger partial charge in [-0.2, -0.15) is 0 Å². The smallest absolute Gasteiger partial charge is 0.193 e. The van der Waals surface area contributed by atoms with E-state index in [0.717, 1.165) is 50.1 Å². The van der Waals surface area contributed by atoms with E-state index in [1.165, 1.54) is 0 Å². The summed E-state index contributed by atoms with van der Waals surface area (Å²) in [6.07, 6.45) is 0. The first-order valence-electron chi connectivity index (χ1n) is 13.8. The summed E-state index contributed by atoms with van der Waals surface area (Å²) < 4.78 is 0. The van der Waals surface area contributed by atoms with E-state index in [0.29, 0.717) is 17.5 Å². The molecule has 0 unspecified atom stereocenters. The van der Waals surface area contributed by atoms with E-state index in [9.17, 15) is 4.79 Å². The SMILES string of the molecule is CC1(C)c2ccccc2C(=O)c2ccc(-c3cccc(-c4nc(-c5ccccc5)nc(-c5ccccc5)n4)c3)cc21. The number of carbonyl (C=O) groups excluding carboxylic acids is 1. The number of ketones is 1. The fourth-order valence-electron chi connectivity index (χ4n) is 5.73. The normalized spacial score (nSPS) is 13.4. The summed E-state index contributed by atoms with van der Waals surface area (Å²) in [7, 11) is 0. The van der Waals surface area contributed by atoms with Gasteiger partial charge in [0.05, 0.1) is 0 Å². The lowest BCUT2D eigenvalue weighted by Gasteiger charge is -2.34.